The Morgan fingerprint density at radius 3 is 2.84 bits per heavy atom. The molecule has 0 fully saturated rings. The second-order valence-electron chi connectivity index (χ2n) is 4.04. The third-order valence-electron chi connectivity index (χ3n) is 2.72. The molecule has 0 aliphatic rings. The first-order valence-electron chi connectivity index (χ1n) is 5.45. The number of aromatic nitrogens is 3. The van der Waals surface area contributed by atoms with Crippen LogP contribution in [0.15, 0.2) is 34.2 Å². The maximum Gasteiger partial charge on any atom is 0.342 e. The van der Waals surface area contributed by atoms with E-state index in [4.69, 9.17) is 5.11 Å². The maximum absolute atomic E-state index is 11.6. The molecular weight excluding hydrogens is 250 g/mol. The van der Waals surface area contributed by atoms with Crippen LogP contribution in [0.25, 0.3) is 0 Å². The van der Waals surface area contributed by atoms with Gasteiger partial charge in [0.2, 0.25) is 0 Å². The van der Waals surface area contributed by atoms with Crippen molar-refractivity contribution in [3.05, 3.63) is 62.2 Å². The Morgan fingerprint density at radius 1 is 1.47 bits per heavy atom. The highest BCUT2D eigenvalue weighted by Crippen LogP contribution is 2.06. The molecule has 0 aliphatic heterocycles. The number of carboxylic acids is 1. The van der Waals surface area contributed by atoms with Gasteiger partial charge in [-0.1, -0.05) is 0 Å². The lowest BCUT2D eigenvalue weighted by Gasteiger charge is -2.08. The van der Waals surface area contributed by atoms with E-state index in [1.54, 1.807) is 18.5 Å². The van der Waals surface area contributed by atoms with Gasteiger partial charge in [0.15, 0.2) is 0 Å². The molecule has 0 bridgehead atoms. The van der Waals surface area contributed by atoms with Gasteiger partial charge in [-0.15, -0.1) is 0 Å². The normalized spacial score (nSPS) is 10.4. The highest BCUT2D eigenvalue weighted by molar-refractivity contribution is 5.86. The number of hydrogen-bond donors (Lipinski definition) is 2. The van der Waals surface area contributed by atoms with Crippen LogP contribution in [0.3, 0.4) is 0 Å². The largest absolute Gasteiger partial charge is 0.477 e. The van der Waals surface area contributed by atoms with E-state index >= 15 is 0 Å². The molecule has 0 spiro atoms. The molecule has 0 atom stereocenters. The van der Waals surface area contributed by atoms with Crippen LogP contribution in [0.2, 0.25) is 0 Å². The van der Waals surface area contributed by atoms with Crippen LogP contribution in [0.5, 0.6) is 0 Å². The number of aryl methyl sites for hydroxylation is 1. The van der Waals surface area contributed by atoms with E-state index in [9.17, 15) is 14.4 Å². The van der Waals surface area contributed by atoms with Crippen molar-refractivity contribution in [2.24, 2.45) is 0 Å². The predicted molar refractivity (Wildman–Crippen MR) is 66.4 cm³/mol. The topological polar surface area (TPSA) is 105 Å². The first kappa shape index (κ1) is 12.7. The molecule has 2 heterocycles. The second-order valence-corrected chi connectivity index (χ2v) is 4.04. The highest BCUT2D eigenvalue weighted by Gasteiger charge is 2.12. The van der Waals surface area contributed by atoms with Crippen LogP contribution < -0.4 is 11.2 Å². The van der Waals surface area contributed by atoms with Crippen LogP contribution in [0.4, 0.5) is 0 Å². The van der Waals surface area contributed by atoms with Crippen molar-refractivity contribution in [2.75, 3.05) is 0 Å². The summed E-state index contributed by atoms with van der Waals surface area (Å²) >= 11 is 0. The number of aromatic carboxylic acids is 1. The van der Waals surface area contributed by atoms with Gasteiger partial charge < -0.3 is 5.11 Å². The van der Waals surface area contributed by atoms with Gasteiger partial charge in [-0.05, 0) is 24.1 Å². The first-order valence-corrected chi connectivity index (χ1v) is 5.45. The van der Waals surface area contributed by atoms with Gasteiger partial charge in [-0.2, -0.15) is 0 Å². The highest BCUT2D eigenvalue weighted by atomic mass is 16.4. The standard InChI is InChI=1S/C12H11N3O4/c1-7-4-13-3-2-8(7)5-15-6-9(11(17)18)10(16)14-12(15)19/h2-4,6H,5H2,1H3,(H,17,18)(H,14,16,19). The van der Waals surface area contributed by atoms with Gasteiger partial charge >= 0.3 is 11.7 Å². The fourth-order valence-corrected chi connectivity index (χ4v) is 1.64. The Bertz CT molecular complexity index is 745. The Balaban J connectivity index is 2.49. The van der Waals surface area contributed by atoms with Crippen molar-refractivity contribution >= 4 is 5.97 Å². The summed E-state index contributed by atoms with van der Waals surface area (Å²) in [5, 5.41) is 8.86. The third-order valence-corrected chi connectivity index (χ3v) is 2.72. The zero-order valence-corrected chi connectivity index (χ0v) is 10.1. The van der Waals surface area contributed by atoms with Gasteiger partial charge in [-0.3, -0.25) is 19.3 Å². The minimum Gasteiger partial charge on any atom is -0.477 e. The van der Waals surface area contributed by atoms with E-state index in [1.807, 2.05) is 11.9 Å². The molecular formula is C12H11N3O4. The molecule has 0 aliphatic carbocycles. The molecule has 2 N–H and O–H groups in total. The van der Waals surface area contributed by atoms with E-state index < -0.39 is 22.8 Å². The first-order chi connectivity index (χ1) is 8.99. The van der Waals surface area contributed by atoms with Gasteiger partial charge in [0, 0.05) is 18.6 Å². The van der Waals surface area contributed by atoms with Crippen LogP contribution in [-0.2, 0) is 6.54 Å². The number of rotatable bonds is 3. The van der Waals surface area contributed by atoms with Crippen molar-refractivity contribution in [1.29, 1.82) is 0 Å². The smallest absolute Gasteiger partial charge is 0.342 e. The lowest BCUT2D eigenvalue weighted by molar-refractivity contribution is 0.0693. The molecule has 0 saturated carbocycles. The molecule has 19 heavy (non-hydrogen) atoms. The van der Waals surface area contributed by atoms with E-state index in [-0.39, 0.29) is 6.54 Å². The van der Waals surface area contributed by atoms with E-state index in [0.29, 0.717) is 0 Å². The van der Waals surface area contributed by atoms with Crippen molar-refractivity contribution in [3.63, 3.8) is 0 Å². The SMILES string of the molecule is Cc1cnccc1Cn1cc(C(=O)O)c(=O)[nH]c1=O. The molecule has 0 unspecified atom stereocenters. The summed E-state index contributed by atoms with van der Waals surface area (Å²) in [4.78, 5) is 39.7. The zero-order chi connectivity index (χ0) is 14.0. The van der Waals surface area contributed by atoms with Crippen LogP contribution in [0.1, 0.15) is 21.5 Å². The van der Waals surface area contributed by atoms with Crippen molar-refractivity contribution in [1.82, 2.24) is 14.5 Å². The van der Waals surface area contributed by atoms with Gasteiger partial charge in [0.1, 0.15) is 5.56 Å². The molecule has 0 saturated heterocycles. The van der Waals surface area contributed by atoms with Gasteiger partial charge in [0.05, 0.1) is 6.54 Å². The van der Waals surface area contributed by atoms with E-state index in [1.165, 1.54) is 0 Å². The minimum atomic E-state index is -1.37. The molecule has 98 valence electrons. The summed E-state index contributed by atoms with van der Waals surface area (Å²) in [6, 6.07) is 1.73. The van der Waals surface area contributed by atoms with Crippen LogP contribution in [0, 0.1) is 6.92 Å². The lowest BCUT2D eigenvalue weighted by Crippen LogP contribution is -2.33. The van der Waals surface area contributed by atoms with E-state index in [0.717, 1.165) is 21.9 Å². The second kappa shape index (κ2) is 4.89. The van der Waals surface area contributed by atoms with Crippen LogP contribution >= 0.6 is 0 Å². The number of H-pyrrole nitrogens is 1. The van der Waals surface area contributed by atoms with Crippen LogP contribution in [-0.4, -0.2) is 25.6 Å². The number of nitrogens with zero attached hydrogens (tertiary/aromatic N) is 2. The predicted octanol–water partition coefficient (Wildman–Crippen LogP) is -0.0135. The minimum absolute atomic E-state index is 0.171. The number of hydrogen-bond acceptors (Lipinski definition) is 4. The quantitative estimate of drug-likeness (QED) is 0.808. The number of pyridine rings is 1. The summed E-state index contributed by atoms with van der Waals surface area (Å²) in [5.74, 6) is -1.37. The third kappa shape index (κ3) is 2.59. The molecule has 0 amide bonds. The summed E-state index contributed by atoms with van der Waals surface area (Å²) in [6.07, 6.45) is 4.27. The average Bonchev–Trinajstić information content (AvgIpc) is 2.34. The monoisotopic (exact) mass is 261 g/mol. The molecule has 7 nitrogen and oxygen atoms in total. The fourth-order valence-electron chi connectivity index (χ4n) is 1.64. The summed E-state index contributed by atoms with van der Waals surface area (Å²) in [7, 11) is 0. The molecule has 0 radical (unpaired) electrons. The number of nitrogens with one attached hydrogen (secondary N) is 1. The molecule has 7 heteroatoms. The molecule has 2 aromatic rings. The maximum atomic E-state index is 11.6. The molecule has 2 rings (SSSR count). The van der Waals surface area contributed by atoms with Crippen molar-refractivity contribution in [2.45, 2.75) is 13.5 Å². The van der Waals surface area contributed by atoms with Crippen molar-refractivity contribution in [3.8, 4) is 0 Å². The fraction of sp³-hybridized carbons (Fsp3) is 0.167. The van der Waals surface area contributed by atoms with Gasteiger partial charge in [0.25, 0.3) is 5.56 Å². The average molecular weight is 261 g/mol. The molecule has 0 aromatic carbocycles. The molecule has 2 aromatic heterocycles. The number of carbonyl (C=O) groups is 1. The van der Waals surface area contributed by atoms with Crippen molar-refractivity contribution < 1.29 is 9.90 Å². The number of carboxylic acid groups (broad SMARTS) is 1. The Hall–Kier alpha value is -2.70. The lowest BCUT2D eigenvalue weighted by atomic mass is 10.1. The summed E-state index contributed by atoms with van der Waals surface area (Å²) in [5.41, 5.74) is -0.323. The summed E-state index contributed by atoms with van der Waals surface area (Å²) < 4.78 is 1.15. The Labute approximate surface area is 107 Å². The summed E-state index contributed by atoms with van der Waals surface area (Å²) in [6.45, 7) is 2.00. The Morgan fingerprint density at radius 2 is 2.21 bits per heavy atom. The number of aromatic amines is 1. The van der Waals surface area contributed by atoms with E-state index in [2.05, 4.69) is 4.98 Å². The Kier molecular flexibility index (Phi) is 3.28. The van der Waals surface area contributed by atoms with Gasteiger partial charge in [-0.25, -0.2) is 9.59 Å². The zero-order valence-electron chi connectivity index (χ0n) is 10.1.